The number of nitrogen functional groups attached to an aromatic ring is 1. The Morgan fingerprint density at radius 3 is 2.41 bits per heavy atom. The molecule has 94 valence electrons. The molecule has 0 aliphatic heterocycles. The van der Waals surface area contributed by atoms with Crippen molar-refractivity contribution in [3.05, 3.63) is 34.6 Å². The van der Waals surface area contributed by atoms with Crippen molar-refractivity contribution in [1.29, 1.82) is 0 Å². The van der Waals surface area contributed by atoms with Crippen LogP contribution in [-0.4, -0.2) is 5.91 Å². The van der Waals surface area contributed by atoms with Gasteiger partial charge < -0.3 is 5.73 Å². The zero-order valence-electron chi connectivity index (χ0n) is 10.3. The van der Waals surface area contributed by atoms with Crippen molar-refractivity contribution >= 4 is 5.91 Å². The Kier molecular flexibility index (Phi) is 3.85. The van der Waals surface area contributed by atoms with Gasteiger partial charge in [-0.1, -0.05) is 26.8 Å². The van der Waals surface area contributed by atoms with Crippen molar-refractivity contribution in [2.75, 3.05) is 0 Å². The number of amides is 1. The lowest BCUT2D eigenvalue weighted by Crippen LogP contribution is -2.32. The second kappa shape index (κ2) is 4.81. The summed E-state index contributed by atoms with van der Waals surface area (Å²) in [7, 11) is 0. The molecule has 1 aromatic rings. The maximum Gasteiger partial charge on any atom is 0.268 e. The van der Waals surface area contributed by atoms with Gasteiger partial charge in [-0.15, -0.1) is 0 Å². The Hall–Kier alpha value is -1.46. The van der Waals surface area contributed by atoms with Crippen molar-refractivity contribution in [3.8, 4) is 0 Å². The largest absolute Gasteiger partial charge is 0.326 e. The summed E-state index contributed by atoms with van der Waals surface area (Å²) in [6, 6.07) is 3.09. The molecule has 0 aliphatic rings. The van der Waals surface area contributed by atoms with Crippen LogP contribution in [0.1, 0.15) is 42.3 Å². The van der Waals surface area contributed by atoms with E-state index in [1.165, 1.54) is 6.07 Å². The standard InChI is InChI=1S/C12H18FN3O/c1-12(2,3)8-4-7(6-14)10(9(13)5-8)11(17)16-15/h4-5H,6,14-15H2,1-3H3,(H,16,17). The number of nitrogens with two attached hydrogens (primary N) is 2. The van der Waals surface area contributed by atoms with E-state index in [1.54, 1.807) is 6.07 Å². The summed E-state index contributed by atoms with van der Waals surface area (Å²) in [5.41, 5.74) is 8.42. The molecular formula is C12H18FN3O. The number of nitrogens with one attached hydrogen (secondary N) is 1. The van der Waals surface area contributed by atoms with Gasteiger partial charge in [-0.2, -0.15) is 0 Å². The molecule has 4 nitrogen and oxygen atoms in total. The number of hydrogen-bond donors (Lipinski definition) is 3. The molecule has 1 amide bonds. The summed E-state index contributed by atoms with van der Waals surface area (Å²) in [6.45, 7) is 5.98. The molecular weight excluding hydrogens is 221 g/mol. The van der Waals surface area contributed by atoms with Crippen LogP contribution < -0.4 is 17.0 Å². The lowest BCUT2D eigenvalue weighted by molar-refractivity contribution is 0.0948. The number of rotatable bonds is 2. The Morgan fingerprint density at radius 1 is 1.41 bits per heavy atom. The average molecular weight is 239 g/mol. The van der Waals surface area contributed by atoms with Crippen LogP contribution in [0, 0.1) is 5.82 Å². The molecule has 0 saturated heterocycles. The third kappa shape index (κ3) is 2.81. The summed E-state index contributed by atoms with van der Waals surface area (Å²) in [5.74, 6) is 3.75. The first kappa shape index (κ1) is 13.6. The van der Waals surface area contributed by atoms with E-state index in [2.05, 4.69) is 0 Å². The number of benzene rings is 1. The van der Waals surface area contributed by atoms with Gasteiger partial charge >= 0.3 is 0 Å². The summed E-state index contributed by atoms with van der Waals surface area (Å²) in [4.78, 5) is 11.4. The summed E-state index contributed by atoms with van der Waals surface area (Å²) in [6.07, 6.45) is 0. The highest BCUT2D eigenvalue weighted by atomic mass is 19.1. The van der Waals surface area contributed by atoms with E-state index in [0.717, 1.165) is 5.56 Å². The van der Waals surface area contributed by atoms with Crippen LogP contribution in [0.5, 0.6) is 0 Å². The quantitative estimate of drug-likeness (QED) is 0.412. The SMILES string of the molecule is CC(C)(C)c1cc(F)c(C(=O)NN)c(CN)c1. The minimum absolute atomic E-state index is 0.0806. The third-order valence-electron chi connectivity index (χ3n) is 2.62. The van der Waals surface area contributed by atoms with Gasteiger partial charge in [0.15, 0.2) is 0 Å². The number of hydrogen-bond acceptors (Lipinski definition) is 3. The molecule has 0 bridgehead atoms. The highest BCUT2D eigenvalue weighted by molar-refractivity contribution is 5.95. The molecule has 0 atom stereocenters. The maximum absolute atomic E-state index is 13.9. The van der Waals surface area contributed by atoms with Gasteiger partial charge in [0.25, 0.3) is 5.91 Å². The monoisotopic (exact) mass is 239 g/mol. The van der Waals surface area contributed by atoms with E-state index in [1.807, 2.05) is 26.2 Å². The molecule has 0 spiro atoms. The lowest BCUT2D eigenvalue weighted by atomic mass is 9.85. The second-order valence-corrected chi connectivity index (χ2v) is 4.92. The topological polar surface area (TPSA) is 81.1 Å². The highest BCUT2D eigenvalue weighted by Gasteiger charge is 2.21. The zero-order chi connectivity index (χ0) is 13.2. The van der Waals surface area contributed by atoms with Gasteiger partial charge in [-0.3, -0.25) is 10.2 Å². The molecule has 1 aromatic carbocycles. The van der Waals surface area contributed by atoms with Crippen LogP contribution in [0.15, 0.2) is 12.1 Å². The Bertz CT molecular complexity index is 438. The van der Waals surface area contributed by atoms with E-state index in [4.69, 9.17) is 11.6 Å². The second-order valence-electron chi connectivity index (χ2n) is 4.92. The molecule has 0 fully saturated rings. The van der Waals surface area contributed by atoms with E-state index in [9.17, 15) is 9.18 Å². The average Bonchev–Trinajstić information content (AvgIpc) is 2.25. The van der Waals surface area contributed by atoms with Crippen LogP contribution in [0.3, 0.4) is 0 Å². The summed E-state index contributed by atoms with van der Waals surface area (Å²) in [5, 5.41) is 0. The maximum atomic E-state index is 13.9. The first-order chi connectivity index (χ1) is 7.81. The molecule has 1 rings (SSSR count). The molecule has 0 saturated carbocycles. The fourth-order valence-electron chi connectivity index (χ4n) is 1.58. The normalized spacial score (nSPS) is 11.4. The molecule has 5 N–H and O–H groups in total. The minimum Gasteiger partial charge on any atom is -0.326 e. The predicted octanol–water partition coefficient (Wildman–Crippen LogP) is 1.19. The zero-order valence-corrected chi connectivity index (χ0v) is 10.3. The van der Waals surface area contributed by atoms with Crippen LogP contribution in [0.25, 0.3) is 0 Å². The van der Waals surface area contributed by atoms with Gasteiger partial charge in [0.2, 0.25) is 0 Å². The van der Waals surface area contributed by atoms with Crippen molar-refractivity contribution in [1.82, 2.24) is 5.43 Å². The number of carbonyl (C=O) groups is 1. The number of halogens is 1. The fraction of sp³-hybridized carbons (Fsp3) is 0.417. The van der Waals surface area contributed by atoms with Crippen LogP contribution >= 0.6 is 0 Å². The third-order valence-corrected chi connectivity index (χ3v) is 2.62. The van der Waals surface area contributed by atoms with E-state index < -0.39 is 11.7 Å². The number of hydrazine groups is 1. The molecule has 17 heavy (non-hydrogen) atoms. The molecule has 5 heteroatoms. The molecule has 0 radical (unpaired) electrons. The highest BCUT2D eigenvalue weighted by Crippen LogP contribution is 2.26. The minimum atomic E-state index is -0.664. The molecule has 0 unspecified atom stereocenters. The van der Waals surface area contributed by atoms with Gasteiger partial charge in [-0.25, -0.2) is 10.2 Å². The lowest BCUT2D eigenvalue weighted by Gasteiger charge is -2.21. The van der Waals surface area contributed by atoms with E-state index >= 15 is 0 Å². The molecule has 0 aliphatic carbocycles. The molecule has 0 aromatic heterocycles. The summed E-state index contributed by atoms with van der Waals surface area (Å²) >= 11 is 0. The van der Waals surface area contributed by atoms with Crippen molar-refractivity contribution in [2.24, 2.45) is 11.6 Å². The van der Waals surface area contributed by atoms with E-state index in [0.29, 0.717) is 5.56 Å². The van der Waals surface area contributed by atoms with Crippen LogP contribution in [-0.2, 0) is 12.0 Å². The fourth-order valence-corrected chi connectivity index (χ4v) is 1.58. The van der Waals surface area contributed by atoms with E-state index in [-0.39, 0.29) is 17.5 Å². The van der Waals surface area contributed by atoms with Gasteiger partial charge in [-0.05, 0) is 22.6 Å². The number of carbonyl (C=O) groups excluding carboxylic acids is 1. The summed E-state index contributed by atoms with van der Waals surface area (Å²) < 4.78 is 13.9. The predicted molar refractivity (Wildman–Crippen MR) is 64.6 cm³/mol. The smallest absolute Gasteiger partial charge is 0.268 e. The van der Waals surface area contributed by atoms with Crippen molar-refractivity contribution in [3.63, 3.8) is 0 Å². The first-order valence-electron chi connectivity index (χ1n) is 5.35. The first-order valence-corrected chi connectivity index (χ1v) is 5.35. The van der Waals surface area contributed by atoms with Crippen LogP contribution in [0.4, 0.5) is 4.39 Å². The van der Waals surface area contributed by atoms with Gasteiger partial charge in [0.05, 0.1) is 5.56 Å². The molecule has 0 heterocycles. The Labute approximate surface area is 100 Å². The van der Waals surface area contributed by atoms with Gasteiger partial charge in [0.1, 0.15) is 5.82 Å². The van der Waals surface area contributed by atoms with Crippen LogP contribution in [0.2, 0.25) is 0 Å². The Balaban J connectivity index is 3.41. The van der Waals surface area contributed by atoms with Crippen molar-refractivity contribution < 1.29 is 9.18 Å². The van der Waals surface area contributed by atoms with Crippen molar-refractivity contribution in [2.45, 2.75) is 32.7 Å². The van der Waals surface area contributed by atoms with Gasteiger partial charge in [0, 0.05) is 6.54 Å². The Morgan fingerprint density at radius 2 is 2.00 bits per heavy atom.